The second kappa shape index (κ2) is 8.66. The minimum Gasteiger partial charge on any atom is -0.495 e. The van der Waals surface area contributed by atoms with E-state index in [4.69, 9.17) is 16.3 Å². The predicted molar refractivity (Wildman–Crippen MR) is 132 cm³/mol. The summed E-state index contributed by atoms with van der Waals surface area (Å²) in [6, 6.07) is 8.13. The summed E-state index contributed by atoms with van der Waals surface area (Å²) in [4.78, 5) is 24.9. The number of aromatic nitrogens is 2. The van der Waals surface area contributed by atoms with Gasteiger partial charge in [0.25, 0.3) is 0 Å². The molecule has 0 saturated heterocycles. The summed E-state index contributed by atoms with van der Waals surface area (Å²) in [5.41, 5.74) is 2.80. The molecule has 182 valence electrons. The van der Waals surface area contributed by atoms with Crippen molar-refractivity contribution in [2.45, 2.75) is 25.3 Å². The number of carbonyl (C=O) groups is 1. The van der Waals surface area contributed by atoms with E-state index < -0.39 is 17.2 Å². The molecule has 2 aliphatic rings. The number of likely N-dealkylation sites (N-methyl/N-ethyl adjacent to an activating group) is 1. The van der Waals surface area contributed by atoms with Gasteiger partial charge in [0.1, 0.15) is 22.0 Å². The molecule has 0 saturated carbocycles. The van der Waals surface area contributed by atoms with E-state index >= 15 is 0 Å². The first-order valence-corrected chi connectivity index (χ1v) is 11.6. The summed E-state index contributed by atoms with van der Waals surface area (Å²) < 4.78 is 19.8. The molecule has 0 spiro atoms. The molecular weight excluding hydrogens is 473 g/mol. The van der Waals surface area contributed by atoms with Crippen LogP contribution in [0.15, 0.2) is 36.5 Å². The smallest absolute Gasteiger partial charge is 0.315 e. The number of rotatable bonds is 5. The van der Waals surface area contributed by atoms with Crippen molar-refractivity contribution >= 4 is 40.7 Å². The van der Waals surface area contributed by atoms with E-state index in [-0.39, 0.29) is 23.3 Å². The number of ether oxygens (including phenoxy) is 1. The molecule has 3 heterocycles. The number of aliphatic carboxylic acids is 1. The molecule has 0 aliphatic carbocycles. The number of anilines is 4. The van der Waals surface area contributed by atoms with E-state index in [1.165, 1.54) is 35.5 Å². The largest absolute Gasteiger partial charge is 0.495 e. The predicted octanol–water partition coefficient (Wildman–Crippen LogP) is 4.50. The van der Waals surface area contributed by atoms with Gasteiger partial charge < -0.3 is 25.0 Å². The van der Waals surface area contributed by atoms with Crippen LogP contribution in [0.2, 0.25) is 5.02 Å². The molecule has 10 heteroatoms. The van der Waals surface area contributed by atoms with Crippen molar-refractivity contribution in [2.75, 3.05) is 37.5 Å². The van der Waals surface area contributed by atoms with Gasteiger partial charge in [0.2, 0.25) is 5.95 Å². The van der Waals surface area contributed by atoms with Crippen molar-refractivity contribution < 1.29 is 19.0 Å². The number of nitrogens with zero attached hydrogens (tertiary/aromatic N) is 4. The van der Waals surface area contributed by atoms with Crippen molar-refractivity contribution in [1.82, 2.24) is 14.9 Å². The second-order valence-corrected chi connectivity index (χ2v) is 9.59. The first-order chi connectivity index (χ1) is 16.7. The van der Waals surface area contributed by atoms with Crippen LogP contribution in [0, 0.1) is 5.82 Å². The second-order valence-electron chi connectivity index (χ2n) is 9.18. The molecular formula is C25H25ClFN5O3. The van der Waals surface area contributed by atoms with Crippen molar-refractivity contribution in [2.24, 2.45) is 0 Å². The van der Waals surface area contributed by atoms with Gasteiger partial charge >= 0.3 is 5.97 Å². The van der Waals surface area contributed by atoms with E-state index in [2.05, 4.69) is 27.2 Å². The van der Waals surface area contributed by atoms with Gasteiger partial charge in [-0.05, 0) is 61.3 Å². The van der Waals surface area contributed by atoms with Crippen LogP contribution >= 0.6 is 11.6 Å². The number of hydrogen-bond donors (Lipinski definition) is 2. The molecule has 8 nitrogen and oxygen atoms in total. The highest BCUT2D eigenvalue weighted by Crippen LogP contribution is 2.46. The average Bonchev–Trinajstić information content (AvgIpc) is 3.12. The average molecular weight is 498 g/mol. The molecule has 0 fully saturated rings. The maximum absolute atomic E-state index is 14.2. The van der Waals surface area contributed by atoms with Gasteiger partial charge in [0, 0.05) is 25.3 Å². The SMILES string of the molecule is COc1cc2c(cc1Nc1ncc(Cl)c(N3CC(C)(C(=O)O)c4ccc(F)cc43)n1)CN(C)CC2. The molecule has 1 unspecified atom stereocenters. The van der Waals surface area contributed by atoms with Gasteiger partial charge in [-0.25, -0.2) is 9.37 Å². The Kier molecular flexibility index (Phi) is 5.77. The maximum Gasteiger partial charge on any atom is 0.315 e. The Balaban J connectivity index is 1.53. The molecule has 2 N–H and O–H groups in total. The van der Waals surface area contributed by atoms with Crippen LogP contribution in [0.1, 0.15) is 23.6 Å². The Morgan fingerprint density at radius 1 is 1.29 bits per heavy atom. The Morgan fingerprint density at radius 2 is 2.09 bits per heavy atom. The highest BCUT2D eigenvalue weighted by molar-refractivity contribution is 6.33. The third kappa shape index (κ3) is 4.04. The summed E-state index contributed by atoms with van der Waals surface area (Å²) in [7, 11) is 3.69. The number of benzene rings is 2. The van der Waals surface area contributed by atoms with E-state index in [0.717, 1.165) is 19.5 Å². The van der Waals surface area contributed by atoms with E-state index in [0.29, 0.717) is 22.7 Å². The lowest BCUT2D eigenvalue weighted by Gasteiger charge is -2.26. The molecule has 5 rings (SSSR count). The first kappa shape index (κ1) is 23.3. The summed E-state index contributed by atoms with van der Waals surface area (Å²) >= 11 is 6.46. The lowest BCUT2D eigenvalue weighted by Crippen LogP contribution is -2.36. The van der Waals surface area contributed by atoms with Gasteiger partial charge in [-0.15, -0.1) is 0 Å². The van der Waals surface area contributed by atoms with Gasteiger partial charge in [-0.2, -0.15) is 4.98 Å². The third-order valence-corrected chi connectivity index (χ3v) is 7.01. The minimum absolute atomic E-state index is 0.0474. The monoisotopic (exact) mass is 497 g/mol. The van der Waals surface area contributed by atoms with E-state index in [9.17, 15) is 14.3 Å². The summed E-state index contributed by atoms with van der Waals surface area (Å²) in [6.07, 6.45) is 2.39. The quantitative estimate of drug-likeness (QED) is 0.532. The van der Waals surface area contributed by atoms with Crippen LogP contribution in [-0.2, 0) is 23.2 Å². The first-order valence-electron chi connectivity index (χ1n) is 11.2. The summed E-state index contributed by atoms with van der Waals surface area (Å²) in [6.45, 7) is 3.46. The number of carboxylic acid groups (broad SMARTS) is 1. The van der Waals surface area contributed by atoms with Crippen LogP contribution in [0.5, 0.6) is 5.75 Å². The van der Waals surface area contributed by atoms with Gasteiger partial charge in [0.05, 0.1) is 19.0 Å². The molecule has 0 bridgehead atoms. The highest BCUT2D eigenvalue weighted by Gasteiger charge is 2.46. The third-order valence-electron chi connectivity index (χ3n) is 6.74. The topological polar surface area (TPSA) is 90.8 Å². The van der Waals surface area contributed by atoms with Gasteiger partial charge in [-0.1, -0.05) is 17.7 Å². The normalized spacial score (nSPS) is 19.3. The Morgan fingerprint density at radius 3 is 2.83 bits per heavy atom. The van der Waals surface area contributed by atoms with Crippen molar-refractivity contribution in [3.05, 3.63) is 64.1 Å². The fourth-order valence-corrected chi connectivity index (χ4v) is 4.97. The van der Waals surface area contributed by atoms with Gasteiger partial charge in [-0.3, -0.25) is 4.79 Å². The Labute approximate surface area is 207 Å². The van der Waals surface area contributed by atoms with Crippen LogP contribution in [0.3, 0.4) is 0 Å². The van der Waals surface area contributed by atoms with Crippen molar-refractivity contribution in [3.63, 3.8) is 0 Å². The number of hydrogen-bond acceptors (Lipinski definition) is 7. The fraction of sp³-hybridized carbons (Fsp3) is 0.320. The van der Waals surface area contributed by atoms with E-state index in [1.54, 1.807) is 18.9 Å². The molecule has 1 atom stereocenters. The lowest BCUT2D eigenvalue weighted by molar-refractivity contribution is -0.142. The van der Waals surface area contributed by atoms with Crippen LogP contribution in [0.4, 0.5) is 27.5 Å². The molecule has 3 aromatic rings. The van der Waals surface area contributed by atoms with Crippen molar-refractivity contribution in [1.29, 1.82) is 0 Å². The number of carboxylic acids is 1. The number of halogens is 2. The van der Waals surface area contributed by atoms with Crippen LogP contribution in [0.25, 0.3) is 0 Å². The minimum atomic E-state index is -1.25. The molecule has 0 amide bonds. The zero-order valence-electron chi connectivity index (χ0n) is 19.6. The van der Waals surface area contributed by atoms with Crippen LogP contribution in [-0.4, -0.2) is 53.2 Å². The highest BCUT2D eigenvalue weighted by atomic mass is 35.5. The number of nitrogens with one attached hydrogen (secondary N) is 1. The van der Waals surface area contributed by atoms with Crippen molar-refractivity contribution in [3.8, 4) is 5.75 Å². The maximum atomic E-state index is 14.2. The fourth-order valence-electron chi connectivity index (χ4n) is 4.78. The standard InChI is InChI=1S/C25H25ClFN5O3/c1-25(23(33)34)13-32(20-10-16(27)4-5-17(20)25)22-18(26)11-28-24(30-22)29-19-8-15-12-31(2)7-6-14(15)9-21(19)35-3/h4-5,8-11H,6-7,12-13H2,1-3H3,(H,33,34)(H,28,29,30). The molecule has 0 radical (unpaired) electrons. The van der Waals surface area contributed by atoms with Crippen LogP contribution < -0.4 is 15.0 Å². The molecule has 35 heavy (non-hydrogen) atoms. The number of fused-ring (bicyclic) bond motifs is 2. The van der Waals surface area contributed by atoms with E-state index in [1.807, 2.05) is 12.1 Å². The Hall–Kier alpha value is -3.43. The Bertz CT molecular complexity index is 1340. The molecule has 2 aromatic carbocycles. The lowest BCUT2D eigenvalue weighted by atomic mass is 9.85. The molecule has 2 aliphatic heterocycles. The zero-order valence-corrected chi connectivity index (χ0v) is 20.4. The summed E-state index contributed by atoms with van der Waals surface area (Å²) in [5, 5.41) is 13.4. The number of methoxy groups -OCH3 is 1. The van der Waals surface area contributed by atoms with Gasteiger partial charge in [0.15, 0.2) is 5.82 Å². The zero-order chi connectivity index (χ0) is 24.9. The molecule has 1 aromatic heterocycles. The summed E-state index contributed by atoms with van der Waals surface area (Å²) in [5.74, 6) is -0.275.